The van der Waals surface area contributed by atoms with Gasteiger partial charge in [-0.2, -0.15) is 0 Å². The molecule has 0 saturated heterocycles. The summed E-state index contributed by atoms with van der Waals surface area (Å²) in [4.78, 5) is 15.8. The van der Waals surface area contributed by atoms with Crippen LogP contribution < -0.4 is 5.32 Å². The first-order valence-corrected chi connectivity index (χ1v) is 5.43. The van der Waals surface area contributed by atoms with Crippen LogP contribution in [0.5, 0.6) is 0 Å². The molecule has 16 heavy (non-hydrogen) atoms. The van der Waals surface area contributed by atoms with Crippen molar-refractivity contribution in [2.24, 2.45) is 0 Å². The van der Waals surface area contributed by atoms with Crippen LogP contribution >= 0.6 is 11.6 Å². The Morgan fingerprint density at radius 2 is 2.38 bits per heavy atom. The van der Waals surface area contributed by atoms with Crippen LogP contribution in [-0.2, 0) is 6.42 Å². The van der Waals surface area contributed by atoms with E-state index in [0.29, 0.717) is 23.7 Å². The standard InChI is InChI=1S/C12H13ClN2O/c1-3-5-6-14-12(16)9-7-10(4-2)15-11(13)8-9/h1,7-8H,4-6H2,2H3,(H,14,16). The van der Waals surface area contributed by atoms with E-state index in [0.717, 1.165) is 12.1 Å². The highest BCUT2D eigenvalue weighted by Crippen LogP contribution is 2.11. The quantitative estimate of drug-likeness (QED) is 0.494. The Morgan fingerprint density at radius 3 is 3.00 bits per heavy atom. The van der Waals surface area contributed by atoms with Crippen molar-refractivity contribution < 1.29 is 4.79 Å². The van der Waals surface area contributed by atoms with Crippen LogP contribution in [0.25, 0.3) is 0 Å². The second-order valence-corrected chi connectivity index (χ2v) is 3.62. The third-order valence-corrected chi connectivity index (χ3v) is 2.22. The summed E-state index contributed by atoms with van der Waals surface area (Å²) in [7, 11) is 0. The highest BCUT2D eigenvalue weighted by molar-refractivity contribution is 6.29. The smallest absolute Gasteiger partial charge is 0.251 e. The molecular formula is C12H13ClN2O. The topological polar surface area (TPSA) is 42.0 Å². The first-order valence-electron chi connectivity index (χ1n) is 5.05. The molecule has 0 aliphatic heterocycles. The van der Waals surface area contributed by atoms with Crippen LogP contribution in [0.15, 0.2) is 12.1 Å². The number of aromatic nitrogens is 1. The molecule has 0 spiro atoms. The van der Waals surface area contributed by atoms with E-state index < -0.39 is 0 Å². The number of hydrogen-bond acceptors (Lipinski definition) is 2. The largest absolute Gasteiger partial charge is 0.351 e. The van der Waals surface area contributed by atoms with E-state index in [-0.39, 0.29) is 5.91 Å². The van der Waals surface area contributed by atoms with Gasteiger partial charge in [0, 0.05) is 24.2 Å². The van der Waals surface area contributed by atoms with Crippen molar-refractivity contribution in [3.63, 3.8) is 0 Å². The Hall–Kier alpha value is -1.53. The summed E-state index contributed by atoms with van der Waals surface area (Å²) in [5.74, 6) is 2.28. The van der Waals surface area contributed by atoms with Gasteiger partial charge in [-0.15, -0.1) is 12.3 Å². The minimum Gasteiger partial charge on any atom is -0.351 e. The zero-order valence-electron chi connectivity index (χ0n) is 9.09. The van der Waals surface area contributed by atoms with Gasteiger partial charge in [0.2, 0.25) is 0 Å². The van der Waals surface area contributed by atoms with Crippen molar-refractivity contribution in [3.8, 4) is 12.3 Å². The summed E-state index contributed by atoms with van der Waals surface area (Å²) in [5.41, 5.74) is 1.32. The maximum Gasteiger partial charge on any atom is 0.251 e. The van der Waals surface area contributed by atoms with Gasteiger partial charge in [0.05, 0.1) is 0 Å². The molecule has 1 aromatic rings. The van der Waals surface area contributed by atoms with E-state index in [1.54, 1.807) is 12.1 Å². The van der Waals surface area contributed by atoms with Crippen molar-refractivity contribution in [3.05, 3.63) is 28.5 Å². The average molecular weight is 237 g/mol. The molecule has 1 amide bonds. The van der Waals surface area contributed by atoms with Gasteiger partial charge in [0.1, 0.15) is 5.15 Å². The predicted molar refractivity (Wildman–Crippen MR) is 64.4 cm³/mol. The van der Waals surface area contributed by atoms with Crippen LogP contribution in [0.1, 0.15) is 29.4 Å². The van der Waals surface area contributed by atoms with Gasteiger partial charge in [-0.3, -0.25) is 4.79 Å². The van der Waals surface area contributed by atoms with Gasteiger partial charge >= 0.3 is 0 Å². The Balaban J connectivity index is 2.75. The summed E-state index contributed by atoms with van der Waals surface area (Å²) >= 11 is 5.81. The Kier molecular flexibility index (Phi) is 4.81. The van der Waals surface area contributed by atoms with Gasteiger partial charge < -0.3 is 5.32 Å². The molecule has 1 rings (SSSR count). The molecule has 0 bridgehead atoms. The number of amides is 1. The van der Waals surface area contributed by atoms with Crippen molar-refractivity contribution in [2.75, 3.05) is 6.54 Å². The highest BCUT2D eigenvalue weighted by atomic mass is 35.5. The molecule has 0 aromatic carbocycles. The number of halogens is 1. The second kappa shape index (κ2) is 6.14. The number of aryl methyl sites for hydroxylation is 1. The number of terminal acetylenes is 1. The van der Waals surface area contributed by atoms with E-state index in [2.05, 4.69) is 16.2 Å². The molecule has 1 heterocycles. The molecule has 3 nitrogen and oxygen atoms in total. The molecule has 0 fully saturated rings. The summed E-state index contributed by atoms with van der Waals surface area (Å²) in [6.45, 7) is 2.43. The Labute approximate surface area is 100 Å². The first-order chi connectivity index (χ1) is 7.67. The van der Waals surface area contributed by atoms with E-state index in [4.69, 9.17) is 18.0 Å². The van der Waals surface area contributed by atoms with Gasteiger partial charge in [0.25, 0.3) is 5.91 Å². The Bertz CT molecular complexity index is 424. The van der Waals surface area contributed by atoms with Gasteiger partial charge in [-0.1, -0.05) is 18.5 Å². The van der Waals surface area contributed by atoms with Crippen LogP contribution in [0.4, 0.5) is 0 Å². The van der Waals surface area contributed by atoms with Crippen LogP contribution in [0.2, 0.25) is 5.15 Å². The van der Waals surface area contributed by atoms with Crippen molar-refractivity contribution in [1.82, 2.24) is 10.3 Å². The van der Waals surface area contributed by atoms with Gasteiger partial charge in [0.15, 0.2) is 0 Å². The first kappa shape index (κ1) is 12.5. The molecule has 1 aromatic heterocycles. The summed E-state index contributed by atoms with van der Waals surface area (Å²) in [5, 5.41) is 3.05. The molecule has 84 valence electrons. The lowest BCUT2D eigenvalue weighted by Gasteiger charge is -2.05. The summed E-state index contributed by atoms with van der Waals surface area (Å²) < 4.78 is 0. The SMILES string of the molecule is C#CCCNC(=O)c1cc(Cl)nc(CC)c1. The van der Waals surface area contributed by atoms with E-state index >= 15 is 0 Å². The van der Waals surface area contributed by atoms with Crippen LogP contribution in [0.3, 0.4) is 0 Å². The number of nitrogens with zero attached hydrogens (tertiary/aromatic N) is 1. The third kappa shape index (κ3) is 3.56. The van der Waals surface area contributed by atoms with Crippen LogP contribution in [-0.4, -0.2) is 17.4 Å². The van der Waals surface area contributed by atoms with E-state index in [1.165, 1.54) is 0 Å². The summed E-state index contributed by atoms with van der Waals surface area (Å²) in [6.07, 6.45) is 6.35. The van der Waals surface area contributed by atoms with Crippen molar-refractivity contribution >= 4 is 17.5 Å². The van der Waals surface area contributed by atoms with Gasteiger partial charge in [-0.05, 0) is 18.6 Å². The number of carbonyl (C=O) groups is 1. The number of pyridine rings is 1. The highest BCUT2D eigenvalue weighted by Gasteiger charge is 2.07. The minimum absolute atomic E-state index is 0.172. The van der Waals surface area contributed by atoms with E-state index in [9.17, 15) is 4.79 Å². The molecular weight excluding hydrogens is 224 g/mol. The number of nitrogens with one attached hydrogen (secondary N) is 1. The third-order valence-electron chi connectivity index (χ3n) is 2.03. The predicted octanol–water partition coefficient (Wildman–Crippen LogP) is 2.05. The molecule has 0 unspecified atom stereocenters. The number of carbonyl (C=O) groups excluding carboxylic acids is 1. The average Bonchev–Trinajstić information content (AvgIpc) is 2.28. The van der Waals surface area contributed by atoms with Gasteiger partial charge in [-0.25, -0.2) is 4.98 Å². The maximum atomic E-state index is 11.7. The molecule has 1 N–H and O–H groups in total. The minimum atomic E-state index is -0.172. The van der Waals surface area contributed by atoms with E-state index in [1.807, 2.05) is 6.92 Å². The molecule has 4 heteroatoms. The summed E-state index contributed by atoms with van der Waals surface area (Å²) in [6, 6.07) is 3.28. The number of rotatable bonds is 4. The lowest BCUT2D eigenvalue weighted by atomic mass is 10.2. The normalized spacial score (nSPS) is 9.56. The molecule has 0 aliphatic carbocycles. The maximum absolute atomic E-state index is 11.7. The van der Waals surface area contributed by atoms with Crippen LogP contribution in [0, 0.1) is 12.3 Å². The lowest BCUT2D eigenvalue weighted by Crippen LogP contribution is -2.24. The lowest BCUT2D eigenvalue weighted by molar-refractivity contribution is 0.0954. The second-order valence-electron chi connectivity index (χ2n) is 3.23. The zero-order valence-corrected chi connectivity index (χ0v) is 9.84. The zero-order chi connectivity index (χ0) is 12.0. The number of hydrogen-bond donors (Lipinski definition) is 1. The van der Waals surface area contributed by atoms with Crippen molar-refractivity contribution in [2.45, 2.75) is 19.8 Å². The monoisotopic (exact) mass is 236 g/mol. The molecule has 0 atom stereocenters. The fourth-order valence-corrected chi connectivity index (χ4v) is 1.44. The Morgan fingerprint density at radius 1 is 1.62 bits per heavy atom. The van der Waals surface area contributed by atoms with Crippen molar-refractivity contribution in [1.29, 1.82) is 0 Å². The molecule has 0 radical (unpaired) electrons. The molecule has 0 aliphatic rings. The fourth-order valence-electron chi connectivity index (χ4n) is 1.21. The molecule has 0 saturated carbocycles. The fraction of sp³-hybridized carbons (Fsp3) is 0.333.